The van der Waals surface area contributed by atoms with Crippen molar-refractivity contribution in [2.24, 2.45) is 0 Å². The lowest BCUT2D eigenvalue weighted by molar-refractivity contribution is -0.111. The Morgan fingerprint density at radius 1 is 1.27 bits per heavy atom. The molecule has 0 atom stereocenters. The highest BCUT2D eigenvalue weighted by atomic mass is 16.1. The number of hydrogen-bond acceptors (Lipinski definition) is 1. The van der Waals surface area contributed by atoms with E-state index in [4.69, 9.17) is 0 Å². The summed E-state index contributed by atoms with van der Waals surface area (Å²) in [5, 5.41) is 0. The van der Waals surface area contributed by atoms with Gasteiger partial charge >= 0.3 is 0 Å². The topological polar surface area (TPSA) is 17.1 Å². The molecule has 0 unspecified atom stereocenters. The van der Waals surface area contributed by atoms with E-state index in [1.807, 2.05) is 37.3 Å². The van der Waals surface area contributed by atoms with Gasteiger partial charge in [0.2, 0.25) is 0 Å². The number of carbonyl (C=O) groups is 1. The van der Waals surface area contributed by atoms with E-state index in [2.05, 4.69) is 0 Å². The van der Waals surface area contributed by atoms with Crippen molar-refractivity contribution in [3.05, 3.63) is 48.1 Å². The van der Waals surface area contributed by atoms with Crippen molar-refractivity contribution >= 4 is 5.78 Å². The Bertz CT molecular complexity index is 265. The van der Waals surface area contributed by atoms with Gasteiger partial charge < -0.3 is 0 Å². The van der Waals surface area contributed by atoms with Crippen molar-refractivity contribution in [2.45, 2.75) is 6.92 Å². The van der Waals surface area contributed by atoms with Gasteiger partial charge in [0.05, 0.1) is 0 Å². The van der Waals surface area contributed by atoms with E-state index in [0.29, 0.717) is 0 Å². The van der Waals surface area contributed by atoms with Crippen molar-refractivity contribution in [1.82, 2.24) is 0 Å². The first-order chi connectivity index (χ1) is 5.34. The molecule has 0 aromatic carbocycles. The van der Waals surface area contributed by atoms with Gasteiger partial charge in [-0.3, -0.25) is 4.79 Å². The van der Waals surface area contributed by atoms with Crippen molar-refractivity contribution in [3.8, 4) is 0 Å². The summed E-state index contributed by atoms with van der Waals surface area (Å²) in [6.45, 7) is 1.92. The molecule has 0 spiro atoms. The van der Waals surface area contributed by atoms with Crippen LogP contribution in [0.3, 0.4) is 0 Å². The maximum absolute atomic E-state index is 11.1. The lowest BCUT2D eigenvalue weighted by atomic mass is 10.1. The second-order valence-corrected chi connectivity index (χ2v) is 2.23. The van der Waals surface area contributed by atoms with Crippen molar-refractivity contribution in [3.63, 3.8) is 0 Å². The molecule has 0 saturated carbocycles. The third-order valence-corrected chi connectivity index (χ3v) is 1.39. The number of carbonyl (C=O) groups excluding carboxylic acids is 1. The Hall–Kier alpha value is -1.37. The fraction of sp³-hybridized carbons (Fsp3) is 0.100. The van der Waals surface area contributed by atoms with Gasteiger partial charge in [-0.2, -0.15) is 0 Å². The van der Waals surface area contributed by atoms with Crippen LogP contribution in [0.1, 0.15) is 6.92 Å². The van der Waals surface area contributed by atoms with Crippen molar-refractivity contribution in [1.29, 1.82) is 0 Å². The molecule has 0 amide bonds. The molecule has 1 nitrogen and oxygen atoms in total. The lowest BCUT2D eigenvalue weighted by Crippen LogP contribution is -1.97. The van der Waals surface area contributed by atoms with E-state index in [1.54, 1.807) is 12.2 Å². The van der Waals surface area contributed by atoms with E-state index in [9.17, 15) is 4.79 Å². The minimum atomic E-state index is 0.0746. The van der Waals surface area contributed by atoms with Gasteiger partial charge in [-0.1, -0.05) is 36.5 Å². The van der Waals surface area contributed by atoms with Crippen LogP contribution in [0.15, 0.2) is 48.1 Å². The van der Waals surface area contributed by atoms with Crippen LogP contribution in [-0.2, 0) is 4.79 Å². The first kappa shape index (κ1) is 7.73. The van der Waals surface area contributed by atoms with Gasteiger partial charge in [0, 0.05) is 5.57 Å². The van der Waals surface area contributed by atoms with E-state index >= 15 is 0 Å². The molecule has 0 fully saturated rings. The average Bonchev–Trinajstić information content (AvgIpc) is 2.03. The molecule has 0 bridgehead atoms. The van der Waals surface area contributed by atoms with Crippen LogP contribution in [0, 0.1) is 0 Å². The van der Waals surface area contributed by atoms with E-state index in [0.717, 1.165) is 5.57 Å². The predicted octanol–water partition coefficient (Wildman–Crippen LogP) is 2.18. The molecule has 11 heavy (non-hydrogen) atoms. The molecule has 1 heteroatoms. The van der Waals surface area contributed by atoms with Gasteiger partial charge in [0.1, 0.15) is 0 Å². The zero-order valence-corrected chi connectivity index (χ0v) is 6.45. The van der Waals surface area contributed by atoms with Crippen LogP contribution < -0.4 is 0 Å². The quantitative estimate of drug-likeness (QED) is 0.518. The summed E-state index contributed by atoms with van der Waals surface area (Å²) in [5.74, 6) is 0.0746. The molecular formula is C10H10O. The molecule has 0 aliphatic heterocycles. The number of ketones is 1. The van der Waals surface area contributed by atoms with Crippen LogP contribution >= 0.6 is 0 Å². The third kappa shape index (κ3) is 2.04. The standard InChI is InChI=1S/C10H10O/c1-2-3-6-9-7-4-5-8-10(9)11/h2-8H,1H3/b3-2+,9-6-. The van der Waals surface area contributed by atoms with Crippen LogP contribution in [-0.4, -0.2) is 5.78 Å². The van der Waals surface area contributed by atoms with Crippen LogP contribution in [0.2, 0.25) is 0 Å². The van der Waals surface area contributed by atoms with Gasteiger partial charge in [-0.15, -0.1) is 0 Å². The van der Waals surface area contributed by atoms with E-state index in [-0.39, 0.29) is 5.78 Å². The Kier molecular flexibility index (Phi) is 2.61. The zero-order valence-electron chi connectivity index (χ0n) is 6.45. The Labute approximate surface area is 66.4 Å². The highest BCUT2D eigenvalue weighted by Gasteiger charge is 2.02. The first-order valence-electron chi connectivity index (χ1n) is 3.56. The molecule has 56 valence electrons. The second kappa shape index (κ2) is 3.71. The summed E-state index contributed by atoms with van der Waals surface area (Å²) in [6.07, 6.45) is 12.5. The molecule has 0 radical (unpaired) electrons. The first-order valence-corrected chi connectivity index (χ1v) is 3.56. The summed E-state index contributed by atoms with van der Waals surface area (Å²) in [7, 11) is 0. The molecule has 0 aromatic rings. The number of hydrogen-bond donors (Lipinski definition) is 0. The second-order valence-electron chi connectivity index (χ2n) is 2.23. The normalized spacial score (nSPS) is 20.5. The summed E-state index contributed by atoms with van der Waals surface area (Å²) in [4.78, 5) is 11.1. The van der Waals surface area contributed by atoms with Gasteiger partial charge in [0.15, 0.2) is 5.78 Å². The van der Waals surface area contributed by atoms with Crippen LogP contribution in [0.4, 0.5) is 0 Å². The Morgan fingerprint density at radius 3 is 2.64 bits per heavy atom. The molecule has 1 rings (SSSR count). The summed E-state index contributed by atoms with van der Waals surface area (Å²) in [5.41, 5.74) is 0.741. The Balaban J connectivity index is 2.81. The number of rotatable bonds is 1. The molecule has 1 aliphatic carbocycles. The van der Waals surface area contributed by atoms with Crippen molar-refractivity contribution in [2.75, 3.05) is 0 Å². The summed E-state index contributed by atoms with van der Waals surface area (Å²) >= 11 is 0. The maximum atomic E-state index is 11.1. The molecular weight excluding hydrogens is 136 g/mol. The average molecular weight is 146 g/mol. The smallest absolute Gasteiger partial charge is 0.185 e. The maximum Gasteiger partial charge on any atom is 0.185 e. The zero-order chi connectivity index (χ0) is 8.10. The highest BCUT2D eigenvalue weighted by molar-refractivity contribution is 6.07. The largest absolute Gasteiger partial charge is 0.289 e. The van der Waals surface area contributed by atoms with Gasteiger partial charge in [-0.05, 0) is 13.0 Å². The highest BCUT2D eigenvalue weighted by Crippen LogP contribution is 2.05. The molecule has 0 heterocycles. The van der Waals surface area contributed by atoms with Crippen LogP contribution in [0.5, 0.6) is 0 Å². The fourth-order valence-electron chi connectivity index (χ4n) is 0.818. The van der Waals surface area contributed by atoms with E-state index < -0.39 is 0 Å². The third-order valence-electron chi connectivity index (χ3n) is 1.39. The van der Waals surface area contributed by atoms with Gasteiger partial charge in [0.25, 0.3) is 0 Å². The molecule has 0 N–H and O–H groups in total. The summed E-state index contributed by atoms with van der Waals surface area (Å²) < 4.78 is 0. The van der Waals surface area contributed by atoms with Crippen molar-refractivity contribution < 1.29 is 4.79 Å². The molecule has 0 saturated heterocycles. The SMILES string of the molecule is C/C=C/C=C1/C=CC=CC1=O. The molecule has 0 aromatic heterocycles. The van der Waals surface area contributed by atoms with Crippen LogP contribution in [0.25, 0.3) is 0 Å². The monoisotopic (exact) mass is 146 g/mol. The van der Waals surface area contributed by atoms with Gasteiger partial charge in [-0.25, -0.2) is 0 Å². The fourth-order valence-corrected chi connectivity index (χ4v) is 0.818. The Morgan fingerprint density at radius 2 is 2.00 bits per heavy atom. The predicted molar refractivity (Wildman–Crippen MR) is 46.2 cm³/mol. The minimum Gasteiger partial charge on any atom is -0.289 e. The number of allylic oxidation sites excluding steroid dienone is 8. The summed E-state index contributed by atoms with van der Waals surface area (Å²) in [6, 6.07) is 0. The lowest BCUT2D eigenvalue weighted by Gasteiger charge is -1.97. The van der Waals surface area contributed by atoms with E-state index in [1.165, 1.54) is 0 Å². The molecule has 1 aliphatic rings. The minimum absolute atomic E-state index is 0.0746.